The maximum Gasteiger partial charge on any atom is 0.323 e. The molecule has 4 N–H and O–H groups in total. The van der Waals surface area contributed by atoms with Crippen LogP contribution in [0.3, 0.4) is 0 Å². The highest BCUT2D eigenvalue weighted by Crippen LogP contribution is 2.26. The number of carbonyl (C=O) groups excluding carboxylic acids is 1. The fourth-order valence-electron chi connectivity index (χ4n) is 3.29. The van der Waals surface area contributed by atoms with E-state index in [2.05, 4.69) is 57.9 Å². The first-order chi connectivity index (χ1) is 14.1. The molecule has 4 aromatic rings. The summed E-state index contributed by atoms with van der Waals surface area (Å²) in [6.45, 7) is 2.30. The van der Waals surface area contributed by atoms with Gasteiger partial charge in [0.2, 0.25) is 5.91 Å². The lowest BCUT2D eigenvalue weighted by Crippen LogP contribution is -2.31. The second kappa shape index (κ2) is 8.46. The van der Waals surface area contributed by atoms with Gasteiger partial charge in [-0.05, 0) is 47.2 Å². The third kappa shape index (κ3) is 4.47. The summed E-state index contributed by atoms with van der Waals surface area (Å²) < 4.78 is 0. The van der Waals surface area contributed by atoms with E-state index >= 15 is 0 Å². The molecule has 0 spiro atoms. The fraction of sp³-hybridized carbons (Fsp3) is 0.182. The fourth-order valence-corrected chi connectivity index (χ4v) is 4.12. The molecule has 6 nitrogen and oxygen atoms in total. The van der Waals surface area contributed by atoms with Gasteiger partial charge in [0.15, 0.2) is 0 Å². The quantitative estimate of drug-likeness (QED) is 0.376. The van der Waals surface area contributed by atoms with E-state index in [4.69, 9.17) is 0 Å². The molecule has 0 aliphatic carbocycles. The molecule has 0 saturated heterocycles. The minimum absolute atomic E-state index is 0.0461. The number of hydrogen-bond donors (Lipinski definition) is 4. The van der Waals surface area contributed by atoms with Crippen molar-refractivity contribution in [2.24, 2.45) is 0 Å². The largest absolute Gasteiger partial charge is 0.325 e. The molecular weight excluding hydrogens is 384 g/mol. The minimum atomic E-state index is -0.266. The number of anilines is 1. The number of aromatic amines is 2. The van der Waals surface area contributed by atoms with Crippen molar-refractivity contribution in [1.29, 1.82) is 0 Å². The highest BCUT2D eigenvalue weighted by Gasteiger charge is 2.16. The third-order valence-corrected chi connectivity index (χ3v) is 5.75. The smallest absolute Gasteiger partial charge is 0.323 e. The number of hydrogen-bond acceptors (Lipinski definition) is 4. The minimum Gasteiger partial charge on any atom is -0.325 e. The van der Waals surface area contributed by atoms with Crippen molar-refractivity contribution in [3.05, 3.63) is 86.5 Å². The van der Waals surface area contributed by atoms with Crippen molar-refractivity contribution in [2.45, 2.75) is 19.4 Å². The summed E-state index contributed by atoms with van der Waals surface area (Å²) in [6, 6.07) is 17.8. The molecular formula is C22H22N4O2S. The second-order valence-corrected chi connectivity index (χ2v) is 7.79. The van der Waals surface area contributed by atoms with Crippen molar-refractivity contribution < 1.29 is 4.79 Å². The molecule has 1 atom stereocenters. The number of thiophene rings is 1. The van der Waals surface area contributed by atoms with Crippen LogP contribution in [0.1, 0.15) is 29.0 Å². The van der Waals surface area contributed by atoms with Crippen LogP contribution in [0.15, 0.2) is 64.8 Å². The predicted octanol–water partition coefficient (Wildman–Crippen LogP) is 3.80. The molecule has 2 aromatic heterocycles. The molecule has 7 heteroatoms. The Morgan fingerprint density at radius 1 is 1.07 bits per heavy atom. The van der Waals surface area contributed by atoms with Crippen molar-refractivity contribution in [2.75, 3.05) is 11.9 Å². The zero-order valence-electron chi connectivity index (χ0n) is 16.0. The topological polar surface area (TPSA) is 89.8 Å². The third-order valence-electron chi connectivity index (χ3n) is 4.82. The van der Waals surface area contributed by atoms with Gasteiger partial charge in [-0.1, -0.05) is 37.3 Å². The van der Waals surface area contributed by atoms with E-state index in [1.807, 2.05) is 11.4 Å². The van der Waals surface area contributed by atoms with E-state index in [0.717, 1.165) is 16.9 Å². The van der Waals surface area contributed by atoms with E-state index in [0.29, 0.717) is 16.7 Å². The maximum atomic E-state index is 12.5. The molecule has 0 aliphatic heterocycles. The van der Waals surface area contributed by atoms with E-state index in [1.54, 1.807) is 29.5 Å². The molecule has 2 aromatic carbocycles. The molecule has 0 fully saturated rings. The molecule has 0 aliphatic rings. The van der Waals surface area contributed by atoms with Crippen molar-refractivity contribution in [3.63, 3.8) is 0 Å². The van der Waals surface area contributed by atoms with Gasteiger partial charge in [0.05, 0.1) is 23.6 Å². The summed E-state index contributed by atoms with van der Waals surface area (Å²) in [4.78, 5) is 30.4. The van der Waals surface area contributed by atoms with Crippen molar-refractivity contribution >= 4 is 34.0 Å². The monoisotopic (exact) mass is 406 g/mol. The van der Waals surface area contributed by atoms with E-state index in [9.17, 15) is 9.59 Å². The van der Waals surface area contributed by atoms with Crippen LogP contribution < -0.4 is 16.3 Å². The number of nitrogens with one attached hydrogen (secondary N) is 4. The Hall–Kier alpha value is -3.16. The summed E-state index contributed by atoms with van der Waals surface area (Å²) >= 11 is 1.66. The van der Waals surface area contributed by atoms with E-state index in [1.165, 1.54) is 5.56 Å². The van der Waals surface area contributed by atoms with Crippen LogP contribution in [-0.4, -0.2) is 22.4 Å². The number of aryl methyl sites for hydroxylation is 1. The summed E-state index contributed by atoms with van der Waals surface area (Å²) in [7, 11) is 0. The zero-order chi connectivity index (χ0) is 20.2. The molecule has 0 bridgehead atoms. The highest BCUT2D eigenvalue weighted by atomic mass is 32.1. The van der Waals surface area contributed by atoms with Gasteiger partial charge in [-0.15, -0.1) is 11.3 Å². The average molecular weight is 407 g/mol. The van der Waals surface area contributed by atoms with Gasteiger partial charge < -0.3 is 15.3 Å². The Morgan fingerprint density at radius 2 is 1.86 bits per heavy atom. The Labute approximate surface area is 172 Å². The molecule has 4 rings (SSSR count). The zero-order valence-corrected chi connectivity index (χ0v) is 16.8. The van der Waals surface area contributed by atoms with Gasteiger partial charge in [-0.3, -0.25) is 10.1 Å². The first kappa shape index (κ1) is 19.2. The molecule has 2 heterocycles. The lowest BCUT2D eigenvalue weighted by molar-refractivity contribution is -0.115. The van der Waals surface area contributed by atoms with E-state index in [-0.39, 0.29) is 24.2 Å². The number of H-pyrrole nitrogens is 2. The van der Waals surface area contributed by atoms with Gasteiger partial charge in [0.25, 0.3) is 0 Å². The van der Waals surface area contributed by atoms with Crippen molar-refractivity contribution in [3.8, 4) is 0 Å². The highest BCUT2D eigenvalue weighted by molar-refractivity contribution is 7.10. The Balaban J connectivity index is 1.45. The first-order valence-electron chi connectivity index (χ1n) is 9.50. The number of imidazole rings is 1. The summed E-state index contributed by atoms with van der Waals surface area (Å²) in [5, 5.41) is 8.29. The van der Waals surface area contributed by atoms with Crippen LogP contribution >= 0.6 is 11.3 Å². The second-order valence-electron chi connectivity index (χ2n) is 6.81. The summed E-state index contributed by atoms with van der Waals surface area (Å²) in [5.74, 6) is -0.144. The SMILES string of the molecule is CCc1ccc([C@H](NCC(=O)Nc2ccc3[nH]c(=O)[nH]c3c2)c2cccs2)cc1. The first-order valence-corrected chi connectivity index (χ1v) is 10.4. The lowest BCUT2D eigenvalue weighted by atomic mass is 10.0. The van der Waals surface area contributed by atoms with Crippen LogP contribution in [0.2, 0.25) is 0 Å². The predicted molar refractivity (Wildman–Crippen MR) is 118 cm³/mol. The van der Waals surface area contributed by atoms with Gasteiger partial charge >= 0.3 is 5.69 Å². The number of amides is 1. The Kier molecular flexibility index (Phi) is 5.59. The Morgan fingerprint density at radius 3 is 2.59 bits per heavy atom. The van der Waals surface area contributed by atoms with E-state index < -0.39 is 0 Å². The van der Waals surface area contributed by atoms with Gasteiger partial charge in [-0.25, -0.2) is 4.79 Å². The van der Waals surface area contributed by atoms with Gasteiger partial charge in [-0.2, -0.15) is 0 Å². The lowest BCUT2D eigenvalue weighted by Gasteiger charge is -2.18. The van der Waals surface area contributed by atoms with Crippen LogP contribution in [0, 0.1) is 0 Å². The Bertz CT molecular complexity index is 1160. The molecule has 0 radical (unpaired) electrons. The molecule has 29 heavy (non-hydrogen) atoms. The number of aromatic nitrogens is 2. The van der Waals surface area contributed by atoms with Crippen LogP contribution in [0.5, 0.6) is 0 Å². The summed E-state index contributed by atoms with van der Waals surface area (Å²) in [6.07, 6.45) is 0.997. The standard InChI is InChI=1S/C22H22N4O2S/c1-2-14-5-7-15(8-6-14)21(19-4-3-11-29-19)23-13-20(27)24-16-9-10-17-18(12-16)26-22(28)25-17/h3-12,21,23H,2,13H2,1H3,(H,24,27)(H2,25,26,28)/t21-/m0/s1. The summed E-state index contributed by atoms with van der Waals surface area (Å²) in [5.41, 5.74) is 4.16. The van der Waals surface area contributed by atoms with Crippen molar-refractivity contribution in [1.82, 2.24) is 15.3 Å². The molecule has 0 saturated carbocycles. The van der Waals surface area contributed by atoms with Crippen LogP contribution in [0.4, 0.5) is 5.69 Å². The number of benzene rings is 2. The number of rotatable bonds is 7. The van der Waals surface area contributed by atoms with Gasteiger partial charge in [0.1, 0.15) is 0 Å². The molecule has 148 valence electrons. The van der Waals surface area contributed by atoms with Gasteiger partial charge in [0, 0.05) is 10.6 Å². The number of fused-ring (bicyclic) bond motifs is 1. The molecule has 0 unspecified atom stereocenters. The van der Waals surface area contributed by atoms with Crippen LogP contribution in [-0.2, 0) is 11.2 Å². The maximum absolute atomic E-state index is 12.5. The normalized spacial score (nSPS) is 12.2. The average Bonchev–Trinajstić information content (AvgIpc) is 3.37. The molecule has 1 amide bonds. The number of carbonyl (C=O) groups is 1. The van der Waals surface area contributed by atoms with Crippen LogP contribution in [0.25, 0.3) is 11.0 Å².